The molecule has 3 heterocycles. The zero-order valence-corrected chi connectivity index (χ0v) is 13.6. The van der Waals surface area contributed by atoms with E-state index in [1.165, 1.54) is 12.8 Å². The van der Waals surface area contributed by atoms with E-state index in [2.05, 4.69) is 14.9 Å². The van der Waals surface area contributed by atoms with Crippen LogP contribution in [0.2, 0.25) is 0 Å². The Morgan fingerprint density at radius 3 is 2.88 bits per heavy atom. The molecule has 1 saturated carbocycles. The Morgan fingerprint density at radius 2 is 2.17 bits per heavy atom. The number of ether oxygens (including phenoxy) is 1. The Kier molecular flexibility index (Phi) is 3.72. The minimum Gasteiger partial charge on any atom is -0.477 e. The third-order valence-electron chi connectivity index (χ3n) is 4.54. The zero-order valence-electron chi connectivity index (χ0n) is 13.6. The van der Waals surface area contributed by atoms with Gasteiger partial charge in [-0.25, -0.2) is 14.8 Å². The largest absolute Gasteiger partial charge is 0.477 e. The van der Waals surface area contributed by atoms with Crippen molar-refractivity contribution in [2.75, 3.05) is 24.6 Å². The molecule has 1 saturated heterocycles. The number of carboxylic acids is 1. The third-order valence-corrected chi connectivity index (χ3v) is 4.54. The van der Waals surface area contributed by atoms with Crippen molar-refractivity contribution in [3.63, 3.8) is 0 Å². The molecule has 126 valence electrons. The summed E-state index contributed by atoms with van der Waals surface area (Å²) < 4.78 is 7.52. The third kappa shape index (κ3) is 2.87. The molecule has 0 unspecified atom stereocenters. The van der Waals surface area contributed by atoms with Gasteiger partial charge in [0, 0.05) is 25.2 Å². The van der Waals surface area contributed by atoms with Gasteiger partial charge in [0.1, 0.15) is 5.69 Å². The van der Waals surface area contributed by atoms with Crippen LogP contribution in [0.5, 0.6) is 0 Å². The first kappa shape index (κ1) is 15.1. The summed E-state index contributed by atoms with van der Waals surface area (Å²) in [6.07, 6.45) is 7.92. The maximum atomic E-state index is 11.3. The molecule has 2 aromatic rings. The van der Waals surface area contributed by atoms with E-state index in [0.29, 0.717) is 12.5 Å². The number of rotatable bonds is 4. The molecule has 7 heteroatoms. The standard InChI is InChI=1S/C17H20N4O3/c1-11-8-20(4-5-24-11)16-7-18-13(17(22)23)6-15(16)21-9-14(19-10-21)12-2-3-12/h6-7,9-12H,2-5,8H2,1H3,(H,22,23)/t11-/m0/s1. The SMILES string of the molecule is C[C@H]1CN(c2cnc(C(=O)O)cc2-n2cnc(C3CC3)c2)CCO1. The van der Waals surface area contributed by atoms with E-state index >= 15 is 0 Å². The normalized spacial score (nSPS) is 21.0. The van der Waals surface area contributed by atoms with Crippen LogP contribution in [0.3, 0.4) is 0 Å². The van der Waals surface area contributed by atoms with E-state index in [1.54, 1.807) is 18.6 Å². The van der Waals surface area contributed by atoms with Crippen molar-refractivity contribution >= 4 is 11.7 Å². The fourth-order valence-corrected chi connectivity index (χ4v) is 3.10. The summed E-state index contributed by atoms with van der Waals surface area (Å²) in [5.74, 6) is -0.473. The molecule has 1 aliphatic heterocycles. The number of pyridine rings is 1. The van der Waals surface area contributed by atoms with E-state index in [4.69, 9.17) is 4.74 Å². The van der Waals surface area contributed by atoms with Crippen molar-refractivity contribution < 1.29 is 14.6 Å². The average Bonchev–Trinajstić information content (AvgIpc) is 3.31. The number of nitrogens with zero attached hydrogens (tertiary/aromatic N) is 4. The van der Waals surface area contributed by atoms with Crippen molar-refractivity contribution in [3.05, 3.63) is 36.2 Å². The molecule has 7 nitrogen and oxygen atoms in total. The molecular weight excluding hydrogens is 308 g/mol. The molecule has 24 heavy (non-hydrogen) atoms. The Morgan fingerprint density at radius 1 is 1.33 bits per heavy atom. The summed E-state index contributed by atoms with van der Waals surface area (Å²) in [5.41, 5.74) is 2.83. The molecule has 2 aromatic heterocycles. The van der Waals surface area contributed by atoms with Gasteiger partial charge in [-0.2, -0.15) is 0 Å². The van der Waals surface area contributed by atoms with Gasteiger partial charge in [-0.05, 0) is 25.8 Å². The molecule has 1 N–H and O–H groups in total. The molecule has 0 spiro atoms. The number of imidazole rings is 1. The predicted octanol–water partition coefficient (Wildman–Crippen LogP) is 2.07. The molecule has 2 fully saturated rings. The second-order valence-corrected chi connectivity index (χ2v) is 6.47. The van der Waals surface area contributed by atoms with Crippen molar-refractivity contribution in [2.45, 2.75) is 31.8 Å². The lowest BCUT2D eigenvalue weighted by atomic mass is 10.2. The van der Waals surface area contributed by atoms with Crippen LogP contribution in [-0.2, 0) is 4.74 Å². The Balaban J connectivity index is 1.75. The summed E-state index contributed by atoms with van der Waals surface area (Å²) in [5, 5.41) is 9.28. The van der Waals surface area contributed by atoms with Crippen LogP contribution in [0.1, 0.15) is 41.9 Å². The lowest BCUT2D eigenvalue weighted by molar-refractivity contribution is 0.0531. The topological polar surface area (TPSA) is 80.5 Å². The maximum Gasteiger partial charge on any atom is 0.354 e. The Hall–Kier alpha value is -2.41. The summed E-state index contributed by atoms with van der Waals surface area (Å²) in [7, 11) is 0. The van der Waals surface area contributed by atoms with Gasteiger partial charge in [0.05, 0.1) is 42.3 Å². The predicted molar refractivity (Wildman–Crippen MR) is 87.9 cm³/mol. The minimum absolute atomic E-state index is 0.0386. The molecular formula is C17H20N4O3. The summed E-state index contributed by atoms with van der Waals surface area (Å²) in [6.45, 7) is 4.20. The highest BCUT2D eigenvalue weighted by Crippen LogP contribution is 2.39. The highest BCUT2D eigenvalue weighted by molar-refractivity contribution is 5.87. The minimum atomic E-state index is -1.03. The van der Waals surface area contributed by atoms with E-state index in [9.17, 15) is 9.90 Å². The van der Waals surface area contributed by atoms with Gasteiger partial charge in [-0.1, -0.05) is 0 Å². The number of carboxylic acid groups (broad SMARTS) is 1. The lowest BCUT2D eigenvalue weighted by Crippen LogP contribution is -2.41. The second kappa shape index (κ2) is 5.90. The zero-order chi connectivity index (χ0) is 16.7. The quantitative estimate of drug-likeness (QED) is 0.925. The fraction of sp³-hybridized carbons (Fsp3) is 0.471. The van der Waals surface area contributed by atoms with Crippen molar-refractivity contribution in [1.29, 1.82) is 0 Å². The monoisotopic (exact) mass is 328 g/mol. The number of aromatic nitrogens is 3. The van der Waals surface area contributed by atoms with Gasteiger partial charge in [0.15, 0.2) is 0 Å². The van der Waals surface area contributed by atoms with E-state index in [0.717, 1.165) is 30.2 Å². The molecule has 0 aromatic carbocycles. The molecule has 0 amide bonds. The van der Waals surface area contributed by atoms with E-state index in [1.807, 2.05) is 17.7 Å². The molecule has 0 radical (unpaired) electrons. The van der Waals surface area contributed by atoms with Gasteiger partial charge in [-0.15, -0.1) is 0 Å². The maximum absolute atomic E-state index is 11.3. The van der Waals surface area contributed by atoms with E-state index < -0.39 is 5.97 Å². The summed E-state index contributed by atoms with van der Waals surface area (Å²) in [4.78, 5) is 22.1. The Labute approximate surface area is 139 Å². The van der Waals surface area contributed by atoms with Crippen LogP contribution in [0, 0.1) is 0 Å². The molecule has 1 atom stereocenters. The first-order valence-electron chi connectivity index (χ1n) is 8.26. The summed E-state index contributed by atoms with van der Waals surface area (Å²) in [6, 6.07) is 1.62. The van der Waals surface area contributed by atoms with Gasteiger partial charge in [-0.3, -0.25) is 0 Å². The van der Waals surface area contributed by atoms with Crippen molar-refractivity contribution in [3.8, 4) is 5.69 Å². The number of hydrogen-bond donors (Lipinski definition) is 1. The van der Waals surface area contributed by atoms with E-state index in [-0.39, 0.29) is 11.8 Å². The van der Waals surface area contributed by atoms with Gasteiger partial charge in [0.2, 0.25) is 0 Å². The second-order valence-electron chi connectivity index (χ2n) is 6.47. The Bertz CT molecular complexity index is 769. The molecule has 1 aliphatic carbocycles. The van der Waals surface area contributed by atoms with Crippen molar-refractivity contribution in [2.24, 2.45) is 0 Å². The van der Waals surface area contributed by atoms with Crippen LogP contribution in [0.15, 0.2) is 24.8 Å². The van der Waals surface area contributed by atoms with Crippen LogP contribution in [0.25, 0.3) is 5.69 Å². The average molecular weight is 328 g/mol. The first-order chi connectivity index (χ1) is 11.6. The smallest absolute Gasteiger partial charge is 0.354 e. The molecule has 2 aliphatic rings. The van der Waals surface area contributed by atoms with Crippen LogP contribution < -0.4 is 4.90 Å². The number of carbonyl (C=O) groups is 1. The van der Waals surface area contributed by atoms with Gasteiger partial charge in [0.25, 0.3) is 0 Å². The number of hydrogen-bond acceptors (Lipinski definition) is 5. The highest BCUT2D eigenvalue weighted by atomic mass is 16.5. The first-order valence-corrected chi connectivity index (χ1v) is 8.26. The number of morpholine rings is 1. The number of anilines is 1. The summed E-state index contributed by atoms with van der Waals surface area (Å²) >= 11 is 0. The lowest BCUT2D eigenvalue weighted by Gasteiger charge is -2.33. The van der Waals surface area contributed by atoms with Crippen molar-refractivity contribution in [1.82, 2.24) is 14.5 Å². The number of aromatic carboxylic acids is 1. The van der Waals surface area contributed by atoms with Crippen LogP contribution in [0.4, 0.5) is 5.69 Å². The van der Waals surface area contributed by atoms with Crippen LogP contribution in [-0.4, -0.2) is 51.4 Å². The fourth-order valence-electron chi connectivity index (χ4n) is 3.10. The van der Waals surface area contributed by atoms with Gasteiger partial charge >= 0.3 is 5.97 Å². The van der Waals surface area contributed by atoms with Crippen LogP contribution >= 0.6 is 0 Å². The molecule has 4 rings (SSSR count). The highest BCUT2D eigenvalue weighted by Gasteiger charge is 2.27. The van der Waals surface area contributed by atoms with Gasteiger partial charge < -0.3 is 19.3 Å². The molecule has 0 bridgehead atoms.